The van der Waals surface area contributed by atoms with E-state index in [0.29, 0.717) is 5.78 Å². The van der Waals surface area contributed by atoms with Gasteiger partial charge in [-0.15, -0.1) is 0 Å². The molecule has 2 aliphatic rings. The Bertz CT molecular complexity index is 274. The van der Waals surface area contributed by atoms with Crippen LogP contribution in [0.25, 0.3) is 0 Å². The Morgan fingerprint density at radius 1 is 1.11 bits per heavy atom. The minimum absolute atomic E-state index is 0.138. The number of carbonyl (C=O) groups is 1. The number of rotatable bonds is 4. The summed E-state index contributed by atoms with van der Waals surface area (Å²) in [4.78, 5) is 17.0. The van der Waals surface area contributed by atoms with Crippen LogP contribution in [0.2, 0.25) is 0 Å². The number of hydrogen-bond donors (Lipinski definition) is 0. The second kappa shape index (κ2) is 6.67. The van der Waals surface area contributed by atoms with Crippen molar-refractivity contribution in [3.63, 3.8) is 0 Å². The van der Waals surface area contributed by atoms with Crippen molar-refractivity contribution in [1.29, 1.82) is 0 Å². The molecule has 1 unspecified atom stereocenters. The maximum Gasteiger partial charge on any atom is 0.151 e. The summed E-state index contributed by atoms with van der Waals surface area (Å²) in [7, 11) is 4.24. The summed E-state index contributed by atoms with van der Waals surface area (Å²) in [5.74, 6) is 1.31. The summed E-state index contributed by atoms with van der Waals surface area (Å²) in [6.45, 7) is 3.10. The van der Waals surface area contributed by atoms with Crippen LogP contribution in [0.15, 0.2) is 0 Å². The van der Waals surface area contributed by atoms with Gasteiger partial charge in [-0.2, -0.15) is 0 Å². The van der Waals surface area contributed by atoms with Gasteiger partial charge in [-0.1, -0.05) is 25.7 Å². The van der Waals surface area contributed by atoms with Gasteiger partial charge in [-0.25, -0.2) is 0 Å². The first kappa shape index (κ1) is 14.0. The number of nitrogens with zero attached hydrogens (tertiary/aromatic N) is 2. The van der Waals surface area contributed by atoms with E-state index in [0.717, 1.165) is 38.4 Å². The van der Waals surface area contributed by atoms with E-state index >= 15 is 0 Å². The van der Waals surface area contributed by atoms with Crippen LogP contribution in [0, 0.1) is 5.92 Å². The second-order valence-electron chi connectivity index (χ2n) is 6.27. The monoisotopic (exact) mass is 252 g/mol. The third kappa shape index (κ3) is 3.79. The van der Waals surface area contributed by atoms with Crippen molar-refractivity contribution in [3.05, 3.63) is 0 Å². The number of likely N-dealkylation sites (N-methyl/N-ethyl adjacent to an activating group) is 2. The third-order valence-electron chi connectivity index (χ3n) is 4.71. The lowest BCUT2D eigenvalue weighted by Crippen LogP contribution is -2.43. The quantitative estimate of drug-likeness (QED) is 0.766. The highest BCUT2D eigenvalue weighted by Crippen LogP contribution is 2.29. The van der Waals surface area contributed by atoms with Gasteiger partial charge in [0, 0.05) is 13.0 Å². The van der Waals surface area contributed by atoms with E-state index in [1.54, 1.807) is 0 Å². The Balaban J connectivity index is 1.81. The van der Waals surface area contributed by atoms with Crippen LogP contribution in [-0.4, -0.2) is 55.4 Å². The van der Waals surface area contributed by atoms with Crippen LogP contribution < -0.4 is 0 Å². The molecule has 18 heavy (non-hydrogen) atoms. The van der Waals surface area contributed by atoms with E-state index in [4.69, 9.17) is 0 Å². The molecule has 1 atom stereocenters. The van der Waals surface area contributed by atoms with Gasteiger partial charge in [0.25, 0.3) is 0 Å². The molecule has 1 aliphatic carbocycles. The molecule has 1 saturated carbocycles. The molecule has 3 heteroatoms. The molecular weight excluding hydrogens is 224 g/mol. The van der Waals surface area contributed by atoms with Crippen LogP contribution in [0.5, 0.6) is 0 Å². The molecule has 104 valence electrons. The summed E-state index contributed by atoms with van der Waals surface area (Å²) < 4.78 is 0. The fourth-order valence-corrected chi connectivity index (χ4v) is 3.43. The van der Waals surface area contributed by atoms with Crippen molar-refractivity contribution >= 4 is 5.78 Å². The van der Waals surface area contributed by atoms with Crippen LogP contribution in [-0.2, 0) is 4.79 Å². The molecule has 0 amide bonds. The van der Waals surface area contributed by atoms with Crippen molar-refractivity contribution in [2.45, 2.75) is 51.0 Å². The standard InChI is InChI=1S/C15H28N2O/c1-16-10-5-11-17(2)14(12-16)15(18)9-8-13-6-3-4-7-13/h13-14H,3-12H2,1-2H3. The van der Waals surface area contributed by atoms with Gasteiger partial charge in [-0.3, -0.25) is 9.69 Å². The maximum atomic E-state index is 12.4. The van der Waals surface area contributed by atoms with Gasteiger partial charge in [-0.05, 0) is 45.9 Å². The average molecular weight is 252 g/mol. The van der Waals surface area contributed by atoms with Crippen LogP contribution in [0.4, 0.5) is 0 Å². The number of carbonyl (C=O) groups excluding carboxylic acids is 1. The van der Waals surface area contributed by atoms with E-state index in [9.17, 15) is 4.79 Å². The molecule has 2 rings (SSSR count). The number of hydrogen-bond acceptors (Lipinski definition) is 3. The molecule has 0 spiro atoms. The molecule has 0 aromatic heterocycles. The lowest BCUT2D eigenvalue weighted by Gasteiger charge is -2.26. The predicted octanol–water partition coefficient (Wildman–Crippen LogP) is 2.16. The summed E-state index contributed by atoms with van der Waals surface area (Å²) >= 11 is 0. The van der Waals surface area contributed by atoms with Crippen molar-refractivity contribution in [2.24, 2.45) is 5.92 Å². The van der Waals surface area contributed by atoms with Crippen molar-refractivity contribution in [3.8, 4) is 0 Å². The zero-order chi connectivity index (χ0) is 13.0. The largest absolute Gasteiger partial charge is 0.304 e. The highest BCUT2D eigenvalue weighted by Gasteiger charge is 2.27. The number of ketones is 1. The normalized spacial score (nSPS) is 28.4. The second-order valence-corrected chi connectivity index (χ2v) is 6.27. The molecule has 0 radical (unpaired) electrons. The highest BCUT2D eigenvalue weighted by molar-refractivity contribution is 5.84. The molecule has 0 aromatic rings. The Kier molecular flexibility index (Phi) is 5.19. The average Bonchev–Trinajstić information content (AvgIpc) is 2.80. The zero-order valence-electron chi connectivity index (χ0n) is 12.0. The SMILES string of the molecule is CN1CCCN(C)C(C(=O)CCC2CCCC2)C1. The number of Topliss-reactive ketones (excluding diaryl/α,β-unsaturated/α-hetero) is 1. The van der Waals surface area contributed by atoms with Gasteiger partial charge in [0.1, 0.15) is 0 Å². The fraction of sp³-hybridized carbons (Fsp3) is 0.933. The van der Waals surface area contributed by atoms with Gasteiger partial charge >= 0.3 is 0 Å². The highest BCUT2D eigenvalue weighted by atomic mass is 16.1. The van der Waals surface area contributed by atoms with Gasteiger partial charge in [0.2, 0.25) is 0 Å². The Morgan fingerprint density at radius 3 is 2.56 bits per heavy atom. The van der Waals surface area contributed by atoms with E-state index < -0.39 is 0 Å². The third-order valence-corrected chi connectivity index (χ3v) is 4.71. The van der Waals surface area contributed by atoms with Gasteiger partial charge in [0.15, 0.2) is 5.78 Å². The minimum atomic E-state index is 0.138. The molecule has 0 N–H and O–H groups in total. The first-order valence-electron chi connectivity index (χ1n) is 7.58. The maximum absolute atomic E-state index is 12.4. The van der Waals surface area contributed by atoms with Crippen LogP contribution >= 0.6 is 0 Å². The van der Waals surface area contributed by atoms with Crippen molar-refractivity contribution < 1.29 is 4.79 Å². The Morgan fingerprint density at radius 2 is 1.83 bits per heavy atom. The summed E-state index contributed by atoms with van der Waals surface area (Å²) in [5.41, 5.74) is 0. The molecule has 2 fully saturated rings. The molecule has 3 nitrogen and oxygen atoms in total. The van der Waals surface area contributed by atoms with Crippen molar-refractivity contribution in [1.82, 2.24) is 9.80 Å². The van der Waals surface area contributed by atoms with E-state index in [2.05, 4.69) is 23.9 Å². The lowest BCUT2D eigenvalue weighted by atomic mass is 9.97. The molecule has 0 aromatic carbocycles. The minimum Gasteiger partial charge on any atom is -0.304 e. The zero-order valence-corrected chi connectivity index (χ0v) is 12.0. The van der Waals surface area contributed by atoms with E-state index in [-0.39, 0.29) is 6.04 Å². The van der Waals surface area contributed by atoms with E-state index in [1.807, 2.05) is 0 Å². The Hall–Kier alpha value is -0.410. The predicted molar refractivity (Wildman–Crippen MR) is 74.7 cm³/mol. The summed E-state index contributed by atoms with van der Waals surface area (Å²) in [5, 5.41) is 0. The molecule has 1 saturated heterocycles. The summed E-state index contributed by atoms with van der Waals surface area (Å²) in [6.07, 6.45) is 8.58. The van der Waals surface area contributed by atoms with Gasteiger partial charge in [0.05, 0.1) is 6.04 Å². The lowest BCUT2D eigenvalue weighted by molar-refractivity contribution is -0.124. The molecule has 1 aliphatic heterocycles. The Labute approximate surface area is 112 Å². The van der Waals surface area contributed by atoms with Crippen LogP contribution in [0.3, 0.4) is 0 Å². The van der Waals surface area contributed by atoms with Crippen LogP contribution in [0.1, 0.15) is 44.9 Å². The first-order valence-corrected chi connectivity index (χ1v) is 7.58. The molecule has 1 heterocycles. The topological polar surface area (TPSA) is 23.6 Å². The van der Waals surface area contributed by atoms with Crippen molar-refractivity contribution in [2.75, 3.05) is 33.7 Å². The summed E-state index contributed by atoms with van der Waals surface area (Å²) in [6, 6.07) is 0.138. The first-order chi connectivity index (χ1) is 8.66. The smallest absolute Gasteiger partial charge is 0.151 e. The fourth-order valence-electron chi connectivity index (χ4n) is 3.43. The van der Waals surface area contributed by atoms with E-state index in [1.165, 1.54) is 32.1 Å². The van der Waals surface area contributed by atoms with Gasteiger partial charge < -0.3 is 4.90 Å². The molecule has 0 bridgehead atoms. The molecular formula is C15H28N2O.